The second-order valence-corrected chi connectivity index (χ2v) is 10.1. The number of rotatable bonds is 17. The number of unbranched alkanes of at least 4 members (excludes halogenated alkanes) is 9. The van der Waals surface area contributed by atoms with Gasteiger partial charge in [-0.2, -0.15) is 0 Å². The summed E-state index contributed by atoms with van der Waals surface area (Å²) in [7, 11) is 0. The Labute approximate surface area is 235 Å². The molecule has 0 spiro atoms. The number of nitrogens with zero attached hydrogens (tertiary/aromatic N) is 2. The largest absolute Gasteiger partial charge is 0.508 e. The number of hydrogen-bond acceptors (Lipinski definition) is 6. The zero-order chi connectivity index (χ0) is 28.0. The van der Waals surface area contributed by atoms with Gasteiger partial charge >= 0.3 is 0 Å². The number of aromatic hydroxyl groups is 1. The van der Waals surface area contributed by atoms with Crippen molar-refractivity contribution in [3.8, 4) is 5.75 Å². The van der Waals surface area contributed by atoms with Gasteiger partial charge in [0.2, 0.25) is 0 Å². The lowest BCUT2D eigenvalue weighted by molar-refractivity contribution is -0.304. The smallest absolute Gasteiger partial charge is 0.282 e. The summed E-state index contributed by atoms with van der Waals surface area (Å²) in [4.78, 5) is 40.9. The highest BCUT2D eigenvalue weighted by Gasteiger charge is 2.19. The van der Waals surface area contributed by atoms with Gasteiger partial charge in [0.15, 0.2) is 5.69 Å². The first-order chi connectivity index (χ1) is 18.9. The van der Waals surface area contributed by atoms with Gasteiger partial charge in [0, 0.05) is 12.6 Å². The molecule has 0 aliphatic heterocycles. The first kappa shape index (κ1) is 30.6. The van der Waals surface area contributed by atoms with E-state index in [0.717, 1.165) is 18.4 Å². The van der Waals surface area contributed by atoms with Crippen LogP contribution in [-0.2, 0) is 22.9 Å². The molecule has 0 bridgehead atoms. The number of phenols is 1. The Morgan fingerprint density at radius 2 is 1.64 bits per heavy atom. The second-order valence-electron chi connectivity index (χ2n) is 9.72. The van der Waals surface area contributed by atoms with Gasteiger partial charge in [0.25, 0.3) is 11.5 Å². The van der Waals surface area contributed by atoms with Crippen LogP contribution in [0, 0.1) is 0 Å². The van der Waals surface area contributed by atoms with Crippen LogP contribution in [0.4, 0.5) is 5.69 Å². The molecule has 0 fully saturated rings. The third-order valence-corrected chi connectivity index (χ3v) is 6.96. The number of phenolic OH excluding ortho intramolecular Hbond substituents is 1. The quantitative estimate of drug-likeness (QED) is 0.102. The number of aromatic nitrogens is 2. The molecule has 0 unspecified atom stereocenters. The summed E-state index contributed by atoms with van der Waals surface area (Å²) in [6.45, 7) is 5.06. The summed E-state index contributed by atoms with van der Waals surface area (Å²) in [6, 6.07) is 9.59. The molecule has 1 aromatic heterocycles. The second kappa shape index (κ2) is 16.2. The molecule has 2 aromatic carbocycles. The van der Waals surface area contributed by atoms with E-state index in [0.29, 0.717) is 34.9 Å². The fourth-order valence-electron chi connectivity index (χ4n) is 4.45. The average Bonchev–Trinajstić information content (AvgIpc) is 2.92. The third-order valence-electron chi connectivity index (χ3n) is 6.63. The lowest BCUT2D eigenvalue weighted by Gasteiger charge is -2.12. The summed E-state index contributed by atoms with van der Waals surface area (Å²) < 4.78 is 1.40. The highest BCUT2D eigenvalue weighted by atomic mass is 35.5. The maximum atomic E-state index is 13.0. The molecule has 3 aromatic rings. The molecular formula is C30H40ClN3O5. The van der Waals surface area contributed by atoms with E-state index in [9.17, 15) is 14.7 Å². The van der Waals surface area contributed by atoms with E-state index < -0.39 is 11.5 Å². The van der Waals surface area contributed by atoms with E-state index in [1.165, 1.54) is 68.1 Å². The van der Waals surface area contributed by atoms with Crippen LogP contribution < -0.4 is 10.9 Å². The summed E-state index contributed by atoms with van der Waals surface area (Å²) >= 11 is 6.31. The Morgan fingerprint density at radius 1 is 0.949 bits per heavy atom. The molecule has 9 heteroatoms. The molecule has 0 atom stereocenters. The van der Waals surface area contributed by atoms with Crippen molar-refractivity contribution in [3.63, 3.8) is 0 Å². The summed E-state index contributed by atoms with van der Waals surface area (Å²) in [5.74, 6) is -0.657. The predicted octanol–water partition coefficient (Wildman–Crippen LogP) is 7.40. The van der Waals surface area contributed by atoms with Crippen LogP contribution in [0.5, 0.6) is 5.75 Å². The lowest BCUT2D eigenvalue weighted by Crippen LogP contribution is -2.31. The Balaban J connectivity index is 1.47. The van der Waals surface area contributed by atoms with Crippen LogP contribution in [0.25, 0.3) is 11.0 Å². The van der Waals surface area contributed by atoms with Gasteiger partial charge in [0.1, 0.15) is 12.4 Å². The van der Waals surface area contributed by atoms with E-state index in [2.05, 4.69) is 17.2 Å². The maximum Gasteiger partial charge on any atom is 0.282 e. The fourth-order valence-corrected chi connectivity index (χ4v) is 4.61. The average molecular weight is 558 g/mol. The van der Waals surface area contributed by atoms with Crippen LogP contribution in [0.2, 0.25) is 5.02 Å². The molecule has 8 nitrogen and oxygen atoms in total. The van der Waals surface area contributed by atoms with Crippen molar-refractivity contribution >= 4 is 34.2 Å². The third kappa shape index (κ3) is 9.34. The van der Waals surface area contributed by atoms with Gasteiger partial charge in [0.05, 0.1) is 28.4 Å². The molecule has 0 saturated carbocycles. The number of anilines is 1. The van der Waals surface area contributed by atoms with Crippen molar-refractivity contribution in [1.82, 2.24) is 9.55 Å². The molecule has 0 radical (unpaired) electrons. The molecule has 2 N–H and O–H groups in total. The van der Waals surface area contributed by atoms with E-state index in [1.54, 1.807) is 31.2 Å². The number of carbonyl (C=O) groups excluding carboxylic acids is 1. The van der Waals surface area contributed by atoms with Gasteiger partial charge in [-0.15, -0.1) is 0 Å². The van der Waals surface area contributed by atoms with Gasteiger partial charge in [-0.25, -0.2) is 14.8 Å². The minimum Gasteiger partial charge on any atom is -0.508 e. The molecule has 39 heavy (non-hydrogen) atoms. The Hall–Kier alpha value is -2.94. The number of hydrogen-bond donors (Lipinski definition) is 2. The number of benzene rings is 2. The summed E-state index contributed by atoms with van der Waals surface area (Å²) in [5.41, 5.74) is 1.16. The highest BCUT2D eigenvalue weighted by molar-refractivity contribution is 6.33. The van der Waals surface area contributed by atoms with Crippen molar-refractivity contribution in [2.45, 2.75) is 91.2 Å². The monoisotopic (exact) mass is 557 g/mol. The minimum atomic E-state index is -0.672. The molecule has 0 saturated heterocycles. The van der Waals surface area contributed by atoms with E-state index in [4.69, 9.17) is 21.4 Å². The van der Waals surface area contributed by atoms with Crippen LogP contribution >= 0.6 is 11.6 Å². The number of carbonyl (C=O) groups is 1. The predicted molar refractivity (Wildman–Crippen MR) is 155 cm³/mol. The van der Waals surface area contributed by atoms with Crippen molar-refractivity contribution in [2.24, 2.45) is 0 Å². The van der Waals surface area contributed by atoms with Crippen molar-refractivity contribution in [2.75, 3.05) is 11.9 Å². The zero-order valence-electron chi connectivity index (χ0n) is 23.0. The molecule has 212 valence electrons. The summed E-state index contributed by atoms with van der Waals surface area (Å²) in [5, 5.41) is 12.8. The molecule has 1 amide bonds. The highest BCUT2D eigenvalue weighted by Crippen LogP contribution is 2.24. The van der Waals surface area contributed by atoms with Crippen LogP contribution in [-0.4, -0.2) is 27.2 Å². The van der Waals surface area contributed by atoms with Crippen LogP contribution in [0.1, 0.15) is 94.1 Å². The SMILES string of the molecule is CCCCCCCCCCCCOOCc1ccc(Cl)c(NC(=O)c2nc3ccc(O)cc3n(CC)c2=O)c1. The van der Waals surface area contributed by atoms with Gasteiger partial charge in [-0.1, -0.05) is 82.4 Å². The number of fused-ring (bicyclic) bond motifs is 1. The van der Waals surface area contributed by atoms with Gasteiger partial charge in [-0.3, -0.25) is 9.59 Å². The molecule has 3 rings (SSSR count). The Kier molecular flexibility index (Phi) is 12.7. The van der Waals surface area contributed by atoms with Crippen LogP contribution in [0.15, 0.2) is 41.2 Å². The topological polar surface area (TPSA) is 103 Å². The summed E-state index contributed by atoms with van der Waals surface area (Å²) in [6.07, 6.45) is 12.6. The number of halogens is 1. The molecular weight excluding hydrogens is 518 g/mol. The van der Waals surface area contributed by atoms with E-state index in [1.807, 2.05) is 0 Å². The maximum absolute atomic E-state index is 13.0. The number of nitrogens with one attached hydrogen (secondary N) is 1. The van der Waals surface area contributed by atoms with Crippen molar-refractivity contribution in [1.29, 1.82) is 0 Å². The van der Waals surface area contributed by atoms with Gasteiger partial charge in [-0.05, 0) is 43.2 Å². The molecule has 0 aliphatic carbocycles. The zero-order valence-corrected chi connectivity index (χ0v) is 23.8. The Bertz CT molecular complexity index is 1280. The normalized spacial score (nSPS) is 11.3. The Morgan fingerprint density at radius 3 is 2.33 bits per heavy atom. The fraction of sp³-hybridized carbons (Fsp3) is 0.500. The van der Waals surface area contributed by atoms with Crippen LogP contribution in [0.3, 0.4) is 0 Å². The first-order valence-corrected chi connectivity index (χ1v) is 14.4. The van der Waals surface area contributed by atoms with Gasteiger partial charge < -0.3 is 15.0 Å². The standard InChI is InChI=1S/C30H40ClN3O5/c1-3-5-6-7-8-9-10-11-12-13-18-38-39-21-22-14-16-24(31)26(19-22)33-29(36)28-30(37)34(4-2)27-20-23(35)15-17-25(27)32-28/h14-17,19-20,35H,3-13,18,21H2,1-2H3,(H,33,36). The van der Waals surface area contributed by atoms with Crippen molar-refractivity contribution in [3.05, 3.63) is 63.0 Å². The van der Waals surface area contributed by atoms with E-state index in [-0.39, 0.29) is 18.1 Å². The first-order valence-electron chi connectivity index (χ1n) is 14.0. The van der Waals surface area contributed by atoms with Crippen molar-refractivity contribution < 1.29 is 19.7 Å². The van der Waals surface area contributed by atoms with E-state index >= 15 is 0 Å². The number of amides is 1. The number of aryl methyl sites for hydroxylation is 1. The molecule has 0 aliphatic rings. The minimum absolute atomic E-state index is 0.0152. The lowest BCUT2D eigenvalue weighted by atomic mass is 10.1. The molecule has 1 heterocycles.